The summed E-state index contributed by atoms with van der Waals surface area (Å²) in [6, 6.07) is 7.36. The Morgan fingerprint density at radius 2 is 2.04 bits per heavy atom. The number of fused-ring (bicyclic) bond motifs is 1. The van der Waals surface area contributed by atoms with Crippen molar-refractivity contribution < 1.29 is 14.6 Å². The third-order valence-corrected chi connectivity index (χ3v) is 6.02. The summed E-state index contributed by atoms with van der Waals surface area (Å²) >= 11 is 6.27. The van der Waals surface area contributed by atoms with Crippen LogP contribution < -0.4 is 0 Å². The fourth-order valence-corrected chi connectivity index (χ4v) is 4.50. The number of piperidine rings is 1. The highest BCUT2D eigenvalue weighted by atomic mass is 35.5. The quantitative estimate of drug-likeness (QED) is 0.826. The van der Waals surface area contributed by atoms with Crippen LogP contribution in [0.1, 0.15) is 60.1 Å². The number of aromatic nitrogens is 2. The molecule has 3 heterocycles. The van der Waals surface area contributed by atoms with Crippen molar-refractivity contribution >= 4 is 17.5 Å². The van der Waals surface area contributed by atoms with Crippen molar-refractivity contribution in [1.82, 2.24) is 15.1 Å². The third kappa shape index (κ3) is 3.26. The average molecular weight is 390 g/mol. The molecule has 1 fully saturated rings. The second-order valence-electron chi connectivity index (χ2n) is 7.56. The van der Waals surface area contributed by atoms with E-state index in [9.17, 15) is 9.90 Å². The van der Waals surface area contributed by atoms with E-state index in [0.717, 1.165) is 16.8 Å². The van der Waals surface area contributed by atoms with E-state index >= 15 is 0 Å². The Morgan fingerprint density at radius 3 is 2.74 bits per heavy atom. The Bertz CT molecular complexity index is 858. The van der Waals surface area contributed by atoms with Crippen LogP contribution in [0.5, 0.6) is 0 Å². The van der Waals surface area contributed by atoms with Gasteiger partial charge in [-0.05, 0) is 32.8 Å². The molecule has 2 aliphatic rings. The summed E-state index contributed by atoms with van der Waals surface area (Å²) < 4.78 is 5.80. The van der Waals surface area contributed by atoms with Crippen LogP contribution >= 0.6 is 11.6 Å². The van der Waals surface area contributed by atoms with Gasteiger partial charge in [0.25, 0.3) is 5.91 Å². The molecule has 0 saturated carbocycles. The van der Waals surface area contributed by atoms with Gasteiger partial charge in [0.2, 0.25) is 0 Å². The van der Waals surface area contributed by atoms with Crippen LogP contribution in [0.3, 0.4) is 0 Å². The first-order chi connectivity index (χ1) is 12.9. The van der Waals surface area contributed by atoms with Crippen LogP contribution in [0, 0.1) is 0 Å². The van der Waals surface area contributed by atoms with Crippen LogP contribution in [0.2, 0.25) is 5.02 Å². The zero-order valence-corrected chi connectivity index (χ0v) is 16.3. The second-order valence-corrected chi connectivity index (χ2v) is 7.97. The minimum atomic E-state index is -1.00. The number of halogens is 1. The predicted molar refractivity (Wildman–Crippen MR) is 102 cm³/mol. The number of nitrogens with one attached hydrogen (secondary N) is 1. The number of ether oxygens (including phenoxy) is 1. The fraction of sp³-hybridized carbons (Fsp3) is 0.500. The molecule has 2 aromatic rings. The lowest BCUT2D eigenvalue weighted by atomic mass is 9.84. The minimum Gasteiger partial charge on any atom is -0.385 e. The van der Waals surface area contributed by atoms with E-state index in [-0.39, 0.29) is 18.1 Å². The van der Waals surface area contributed by atoms with Crippen LogP contribution in [0.15, 0.2) is 24.3 Å². The number of rotatable bonds is 2. The average Bonchev–Trinajstić information content (AvgIpc) is 3.06. The van der Waals surface area contributed by atoms with Gasteiger partial charge in [-0.2, -0.15) is 5.10 Å². The number of aliphatic hydroxyl groups is 1. The largest absolute Gasteiger partial charge is 0.385 e. The molecule has 0 spiro atoms. The van der Waals surface area contributed by atoms with Crippen LogP contribution in [0.25, 0.3) is 0 Å². The smallest absolute Gasteiger partial charge is 0.274 e. The number of benzene rings is 1. The van der Waals surface area contributed by atoms with Gasteiger partial charge in [-0.3, -0.25) is 9.89 Å². The van der Waals surface area contributed by atoms with Gasteiger partial charge < -0.3 is 14.7 Å². The van der Waals surface area contributed by atoms with Gasteiger partial charge in [-0.25, -0.2) is 0 Å². The molecule has 4 rings (SSSR count). The van der Waals surface area contributed by atoms with Gasteiger partial charge in [-0.1, -0.05) is 29.8 Å². The lowest BCUT2D eigenvalue weighted by molar-refractivity contribution is -0.0213. The number of nitrogens with zero attached hydrogens (tertiary/aromatic N) is 2. The van der Waals surface area contributed by atoms with Crippen molar-refractivity contribution in [3.63, 3.8) is 0 Å². The summed E-state index contributed by atoms with van der Waals surface area (Å²) in [6.45, 7) is 4.89. The van der Waals surface area contributed by atoms with Gasteiger partial charge >= 0.3 is 0 Å². The number of carbonyl (C=O) groups excluding carboxylic acids is 1. The number of H-pyrrole nitrogens is 1. The molecule has 27 heavy (non-hydrogen) atoms. The minimum absolute atomic E-state index is 0.0586. The summed E-state index contributed by atoms with van der Waals surface area (Å²) in [4.78, 5) is 14.8. The number of hydrogen-bond donors (Lipinski definition) is 2. The number of hydrogen-bond acceptors (Lipinski definition) is 4. The van der Waals surface area contributed by atoms with Gasteiger partial charge in [0.15, 0.2) is 5.69 Å². The molecule has 0 radical (unpaired) electrons. The Morgan fingerprint density at radius 1 is 1.33 bits per heavy atom. The molecule has 1 saturated heterocycles. The molecule has 0 aliphatic carbocycles. The Labute approximate surface area is 163 Å². The molecular formula is C20H24ClN3O3. The standard InChI is InChI=1S/C20H24ClN3O3/c1-12-11-14-17(13(2)27-12)22-23-18(14)19(25)24-9-7-20(26,8-10-24)15-5-3-4-6-16(15)21/h3-6,12-13,26H,7-11H2,1-2H3,(H,22,23)/t12-,13+/m1/s1. The summed E-state index contributed by atoms with van der Waals surface area (Å²) in [6.07, 6.45) is 1.54. The zero-order chi connectivity index (χ0) is 19.2. The SMILES string of the molecule is C[C@@H]1Cc2c(C(=O)N3CCC(O)(c4ccccc4Cl)CC3)n[nH]c2[C@H](C)O1. The third-order valence-electron chi connectivity index (χ3n) is 5.69. The molecule has 0 unspecified atom stereocenters. The zero-order valence-electron chi connectivity index (χ0n) is 15.5. The Hall–Kier alpha value is -1.89. The first-order valence-corrected chi connectivity index (χ1v) is 9.76. The predicted octanol–water partition coefficient (Wildman–Crippen LogP) is 3.21. The van der Waals surface area contributed by atoms with E-state index in [1.165, 1.54) is 0 Å². The fourth-order valence-electron chi connectivity index (χ4n) is 4.19. The Kier molecular flexibility index (Phi) is 4.74. The molecular weight excluding hydrogens is 366 g/mol. The molecule has 0 bridgehead atoms. The molecule has 2 aliphatic heterocycles. The van der Waals surface area contributed by atoms with E-state index < -0.39 is 5.60 Å². The van der Waals surface area contributed by atoms with E-state index in [0.29, 0.717) is 43.1 Å². The number of likely N-dealkylation sites (tertiary alicyclic amines) is 1. The normalized spacial score (nSPS) is 24.5. The van der Waals surface area contributed by atoms with Crippen molar-refractivity contribution in [3.05, 3.63) is 51.8 Å². The van der Waals surface area contributed by atoms with Crippen molar-refractivity contribution in [2.75, 3.05) is 13.1 Å². The van der Waals surface area contributed by atoms with E-state index in [1.807, 2.05) is 32.0 Å². The summed E-state index contributed by atoms with van der Waals surface area (Å²) in [5, 5.41) is 18.9. The maximum atomic E-state index is 13.1. The Balaban J connectivity index is 1.51. The number of aromatic amines is 1. The monoisotopic (exact) mass is 389 g/mol. The van der Waals surface area contributed by atoms with E-state index in [4.69, 9.17) is 16.3 Å². The van der Waals surface area contributed by atoms with Gasteiger partial charge in [-0.15, -0.1) is 0 Å². The van der Waals surface area contributed by atoms with Gasteiger partial charge in [0, 0.05) is 35.7 Å². The molecule has 144 valence electrons. The summed E-state index contributed by atoms with van der Waals surface area (Å²) in [5.41, 5.74) is 2.06. The van der Waals surface area contributed by atoms with Crippen LogP contribution in [0.4, 0.5) is 0 Å². The van der Waals surface area contributed by atoms with Crippen molar-refractivity contribution in [3.8, 4) is 0 Å². The van der Waals surface area contributed by atoms with Gasteiger partial charge in [0.05, 0.1) is 23.5 Å². The summed E-state index contributed by atoms with van der Waals surface area (Å²) in [5.74, 6) is -0.0880. The molecule has 2 atom stereocenters. The van der Waals surface area contributed by atoms with Crippen LogP contribution in [-0.4, -0.2) is 45.3 Å². The molecule has 1 aromatic heterocycles. The summed E-state index contributed by atoms with van der Waals surface area (Å²) in [7, 11) is 0. The van der Waals surface area contributed by atoms with Crippen molar-refractivity contribution in [1.29, 1.82) is 0 Å². The van der Waals surface area contributed by atoms with E-state index in [2.05, 4.69) is 10.2 Å². The molecule has 2 N–H and O–H groups in total. The lowest BCUT2D eigenvalue weighted by Crippen LogP contribution is -2.45. The van der Waals surface area contributed by atoms with E-state index in [1.54, 1.807) is 11.0 Å². The number of carbonyl (C=O) groups is 1. The van der Waals surface area contributed by atoms with Crippen LogP contribution in [-0.2, 0) is 16.8 Å². The highest BCUT2D eigenvalue weighted by Crippen LogP contribution is 2.37. The first kappa shape index (κ1) is 18.5. The highest BCUT2D eigenvalue weighted by molar-refractivity contribution is 6.31. The molecule has 1 amide bonds. The highest BCUT2D eigenvalue weighted by Gasteiger charge is 2.38. The van der Waals surface area contributed by atoms with Gasteiger partial charge in [0.1, 0.15) is 0 Å². The molecule has 7 heteroatoms. The topological polar surface area (TPSA) is 78.5 Å². The van der Waals surface area contributed by atoms with Crippen molar-refractivity contribution in [2.45, 2.75) is 50.9 Å². The van der Waals surface area contributed by atoms with Crippen molar-refractivity contribution in [2.24, 2.45) is 0 Å². The second kappa shape index (κ2) is 6.93. The molecule has 6 nitrogen and oxygen atoms in total. The first-order valence-electron chi connectivity index (χ1n) is 9.38. The number of amides is 1. The maximum Gasteiger partial charge on any atom is 0.274 e. The lowest BCUT2D eigenvalue weighted by Gasteiger charge is -2.38. The maximum absolute atomic E-state index is 13.1. The molecule has 1 aromatic carbocycles.